The van der Waals surface area contributed by atoms with Crippen molar-refractivity contribution in [2.45, 2.75) is 52.4 Å². The maximum absolute atomic E-state index is 2.46. The second-order valence-corrected chi connectivity index (χ2v) is 42.3. The lowest BCUT2D eigenvalue weighted by atomic mass is 9.81. The summed E-state index contributed by atoms with van der Waals surface area (Å²) in [7, 11) is 0. The van der Waals surface area contributed by atoms with Crippen LogP contribution >= 0.6 is 0 Å². The fourth-order valence-corrected chi connectivity index (χ4v) is 24.0. The second-order valence-electron chi connectivity index (χ2n) is 42.3. The van der Waals surface area contributed by atoms with Gasteiger partial charge >= 0.3 is 0 Å². The van der Waals surface area contributed by atoms with Crippen LogP contribution in [0.5, 0.6) is 0 Å². The minimum atomic E-state index is 0.0587. The van der Waals surface area contributed by atoms with Gasteiger partial charge in [-0.2, -0.15) is 0 Å². The Bertz CT molecular complexity index is 9140. The van der Waals surface area contributed by atoms with E-state index in [4.69, 9.17) is 0 Å². The van der Waals surface area contributed by atoms with Gasteiger partial charge in [0.25, 0.3) is 0 Å². The average molecular weight is 1880 g/mol. The minimum absolute atomic E-state index is 0.0587. The molecule has 0 atom stereocenters. The van der Waals surface area contributed by atoms with Crippen molar-refractivity contribution in [1.82, 2.24) is 0 Å². The Morgan fingerprint density at radius 2 is 0.223 bits per heavy atom. The molecule has 0 heteroatoms. The van der Waals surface area contributed by atoms with E-state index in [0.717, 1.165) is 0 Å². The number of benzene rings is 28. The van der Waals surface area contributed by atoms with Crippen LogP contribution in [0.25, 0.3) is 285 Å². The average Bonchev–Trinajstić information content (AvgIpc) is 0.707. The largest absolute Gasteiger partial charge is 0.0616 e. The molecule has 0 aromatic heterocycles. The quantitative estimate of drug-likeness (QED) is 0.0952. The second kappa shape index (κ2) is 36.0. The van der Waals surface area contributed by atoms with Crippen molar-refractivity contribution in [2.24, 2.45) is 0 Å². The Morgan fingerprint density at radius 3 is 0.365 bits per heavy atom. The zero-order valence-electron chi connectivity index (χ0n) is 83.7. The zero-order chi connectivity index (χ0) is 99.0. The van der Waals surface area contributed by atoms with Crippen molar-refractivity contribution in [1.29, 1.82) is 0 Å². The predicted octanol–water partition coefficient (Wildman–Crippen LogP) is 42.0. The van der Waals surface area contributed by atoms with Gasteiger partial charge in [-0.05, 0) is 331 Å². The van der Waals surface area contributed by atoms with Crippen LogP contribution < -0.4 is 0 Å². The maximum Gasteiger partial charge on any atom is -0.00139 e. The van der Waals surface area contributed by atoms with Crippen LogP contribution in [-0.2, 0) is 10.8 Å². The Morgan fingerprint density at radius 1 is 0.101 bits per heavy atom. The van der Waals surface area contributed by atoms with E-state index >= 15 is 0 Å². The molecule has 0 fully saturated rings. The monoisotopic (exact) mass is 1880 g/mol. The van der Waals surface area contributed by atoms with E-state index in [1.54, 1.807) is 0 Å². The van der Waals surface area contributed by atoms with Gasteiger partial charge in [0.1, 0.15) is 0 Å². The van der Waals surface area contributed by atoms with Crippen molar-refractivity contribution < 1.29 is 0 Å². The Hall–Kier alpha value is -18.2. The van der Waals surface area contributed by atoms with Crippen molar-refractivity contribution in [3.63, 3.8) is 0 Å². The summed E-state index contributed by atoms with van der Waals surface area (Å²) in [5.41, 5.74) is 37.0. The first-order valence-corrected chi connectivity index (χ1v) is 52.0. The highest BCUT2D eigenvalue weighted by molar-refractivity contribution is 6.34. The fourth-order valence-electron chi connectivity index (χ4n) is 24.0. The van der Waals surface area contributed by atoms with Crippen LogP contribution in [-0.4, -0.2) is 0 Å². The van der Waals surface area contributed by atoms with Gasteiger partial charge < -0.3 is 0 Å². The molecule has 0 amide bonds. The lowest BCUT2D eigenvalue weighted by Gasteiger charge is -2.23. The molecule has 0 aliphatic heterocycles. The Labute approximate surface area is 863 Å². The number of rotatable bonds is 14. The van der Waals surface area contributed by atoms with Crippen molar-refractivity contribution in [3.8, 4) is 156 Å². The first-order chi connectivity index (χ1) is 72.6. The zero-order valence-corrected chi connectivity index (χ0v) is 83.7. The van der Waals surface area contributed by atoms with Crippen LogP contribution in [0, 0.1) is 0 Å². The van der Waals surface area contributed by atoms with Crippen molar-refractivity contribution in [3.05, 3.63) is 533 Å². The van der Waals surface area contributed by atoms with Gasteiger partial charge in [-0.3, -0.25) is 0 Å². The first-order valence-electron chi connectivity index (χ1n) is 52.0. The molecule has 0 aliphatic carbocycles. The summed E-state index contributed by atoms with van der Waals surface area (Å²) < 4.78 is 0. The molecule has 0 spiro atoms. The van der Waals surface area contributed by atoms with Gasteiger partial charge in [-0.25, -0.2) is 0 Å². The summed E-state index contributed by atoms with van der Waals surface area (Å²) in [4.78, 5) is 0. The van der Waals surface area contributed by atoms with Crippen LogP contribution in [0.2, 0.25) is 0 Å². The molecule has 28 aromatic rings. The topological polar surface area (TPSA) is 0 Å². The van der Waals surface area contributed by atoms with Gasteiger partial charge in [0.05, 0.1) is 0 Å². The molecule has 28 rings (SSSR count). The van der Waals surface area contributed by atoms with Crippen LogP contribution in [0.1, 0.15) is 52.7 Å². The molecule has 0 N–H and O–H groups in total. The molecule has 0 aliphatic rings. The number of hydrogen-bond acceptors (Lipinski definition) is 0. The van der Waals surface area contributed by atoms with Gasteiger partial charge in [0.2, 0.25) is 0 Å². The molecular weight excluding hydrogens is 1780 g/mol. The van der Waals surface area contributed by atoms with Crippen LogP contribution in [0.15, 0.2) is 522 Å². The summed E-state index contributed by atoms with van der Waals surface area (Å²) in [6, 6.07) is 195. The third-order valence-corrected chi connectivity index (χ3v) is 31.7. The highest BCUT2D eigenvalue weighted by atomic mass is 14.3. The SMILES string of the molecule is CC(C)(C)c1ccc(-c2cc(-c3ccc(-c4cccc5ccccc45)cc3)c3ccc4c(-c5ccc(C(C)(C)C)cc5)cc(-c5ccc(-c6cccc7ccccc67)cc5)c5ccc2c3c54)cc1.c1ccc2c(-c3ccc(-c4cc(-c5ccc(-c6cccc7ccccc67)cc5)c5ccc6c(-c7ccc(-c8cccc9ccccc89)cc7)cc(-c7ccc(-c8cccc9ccccc89)cc7)c7ccc4c5c76)cc3)cccc2c1. The van der Waals surface area contributed by atoms with Gasteiger partial charge in [-0.1, -0.05) is 539 Å². The molecule has 0 nitrogen and oxygen atoms in total. The van der Waals surface area contributed by atoms with Crippen molar-refractivity contribution in [2.75, 3.05) is 0 Å². The van der Waals surface area contributed by atoms with E-state index in [1.807, 2.05) is 0 Å². The number of fused-ring (bicyclic) bond motifs is 6. The van der Waals surface area contributed by atoms with Gasteiger partial charge in [0.15, 0.2) is 0 Å². The molecular formula is C148H104. The normalized spacial score (nSPS) is 12.0. The Kier molecular flexibility index (Phi) is 21.6. The minimum Gasteiger partial charge on any atom is -0.0616 e. The van der Waals surface area contributed by atoms with E-state index < -0.39 is 0 Å². The Balaban J connectivity index is 0.000000148. The molecule has 0 saturated carbocycles. The lowest BCUT2D eigenvalue weighted by molar-refractivity contribution is 0.590. The molecule has 0 saturated heterocycles. The molecule has 0 unspecified atom stereocenters. The summed E-state index contributed by atoms with van der Waals surface area (Å²) in [5.74, 6) is 0. The molecule has 0 bridgehead atoms. The summed E-state index contributed by atoms with van der Waals surface area (Å²) in [6.07, 6.45) is 0. The van der Waals surface area contributed by atoms with E-state index in [2.05, 4.69) is 563 Å². The standard InChI is InChI=1S/C80H50.C68H54/c1-5-21-63-51(13-1)17-9-25-67(63)55-29-37-59(38-30-55)75-49-76(60-39-31-56(32-40-60)68-26-10-18-52-14-2-6-22-64(52)68)72-47-48-74-78(62-43-35-58(36-44-62)70-28-12-20-54-16-4-8-24-66(54)70)50-77(73-46-45-71(75)79(72)80(73)74)61-41-33-57(34-42-61)69-27-11-19-53-15-3-7-23-65(53)69;1-67(2,3)51-33-29-49(30-34-51)63-41-61(47-25-21-45(22-26-47)55-19-11-15-43-13-7-9-17-53(43)55)57-38-40-60-64(50-31-35-52(36-32-50)68(4,5)6)42-62(58-37-39-59(63)65(57)66(58)60)48-27-23-46(24-28-48)56-20-12-16-44-14-8-10-18-54(44)56/h1-50H;7-42H,1-6H3. The van der Waals surface area contributed by atoms with Gasteiger partial charge in [0, 0.05) is 0 Å². The van der Waals surface area contributed by atoms with Crippen molar-refractivity contribution >= 4 is 129 Å². The summed E-state index contributed by atoms with van der Waals surface area (Å²) in [6.45, 7) is 13.8. The molecule has 0 heterocycles. The summed E-state index contributed by atoms with van der Waals surface area (Å²) >= 11 is 0. The van der Waals surface area contributed by atoms with Crippen LogP contribution in [0.3, 0.4) is 0 Å². The third-order valence-electron chi connectivity index (χ3n) is 31.7. The molecule has 696 valence electrons. The first kappa shape index (κ1) is 88.7. The molecule has 0 radical (unpaired) electrons. The highest BCUT2D eigenvalue weighted by Crippen LogP contribution is 2.54. The van der Waals surface area contributed by atoms with E-state index in [-0.39, 0.29) is 10.8 Å². The van der Waals surface area contributed by atoms with E-state index in [9.17, 15) is 0 Å². The third kappa shape index (κ3) is 15.5. The smallest absolute Gasteiger partial charge is 0.00139 e. The molecule has 28 aromatic carbocycles. The van der Waals surface area contributed by atoms with E-state index in [1.165, 1.54) is 296 Å². The summed E-state index contributed by atoms with van der Waals surface area (Å²) in [5, 5.41) is 30.3. The maximum atomic E-state index is 2.46. The lowest BCUT2D eigenvalue weighted by Crippen LogP contribution is -2.10. The van der Waals surface area contributed by atoms with Crippen LogP contribution in [0.4, 0.5) is 0 Å². The number of hydrogen-bond donors (Lipinski definition) is 0. The fraction of sp³-hybridized carbons (Fsp3) is 0.0541. The highest BCUT2D eigenvalue weighted by Gasteiger charge is 2.28. The van der Waals surface area contributed by atoms with E-state index in [0.29, 0.717) is 0 Å². The van der Waals surface area contributed by atoms with Gasteiger partial charge in [-0.15, -0.1) is 0 Å². The predicted molar refractivity (Wildman–Crippen MR) is 639 cm³/mol. The molecule has 148 heavy (non-hydrogen) atoms.